The quantitative estimate of drug-likeness (QED) is 0.415. The number of rotatable bonds is 6. The largest absolute Gasteiger partial charge is 0.462 e. The number of carbonyl (C=O) groups is 1. The number of hydrogen-bond donors (Lipinski definition) is 0. The van der Waals surface area contributed by atoms with Crippen molar-refractivity contribution in [1.29, 1.82) is 0 Å². The van der Waals surface area contributed by atoms with Crippen molar-refractivity contribution in [2.45, 2.75) is 13.5 Å². The molecule has 0 fully saturated rings. The number of carbonyl (C=O) groups excluding carboxylic acids is 1. The molecule has 0 saturated carbocycles. The molecule has 1 aromatic rings. The van der Waals surface area contributed by atoms with Crippen LogP contribution in [0.5, 0.6) is 0 Å². The summed E-state index contributed by atoms with van der Waals surface area (Å²) in [4.78, 5) is 11.6. The molecule has 0 aromatic carbocycles. The fraction of sp³-hybridized carbons (Fsp3) is 0.455. The van der Waals surface area contributed by atoms with Crippen LogP contribution in [0.1, 0.15) is 23.0 Å². The van der Waals surface area contributed by atoms with Crippen LogP contribution in [0.25, 0.3) is 0 Å². The first-order chi connectivity index (χ1) is 7.69. The normalized spacial score (nSPS) is 10.1. The van der Waals surface area contributed by atoms with Crippen LogP contribution >= 0.6 is 0 Å². The molecule has 1 rings (SSSR count). The number of aromatic nitrogens is 2. The van der Waals surface area contributed by atoms with Gasteiger partial charge in [-0.3, -0.25) is 4.68 Å². The van der Waals surface area contributed by atoms with E-state index in [1.807, 2.05) is 0 Å². The molecular weight excluding hydrogens is 208 g/mol. The van der Waals surface area contributed by atoms with Gasteiger partial charge in [-0.2, -0.15) is 5.10 Å². The van der Waals surface area contributed by atoms with Crippen molar-refractivity contribution in [3.05, 3.63) is 30.1 Å². The van der Waals surface area contributed by atoms with E-state index in [1.165, 1.54) is 0 Å². The molecule has 0 bridgehead atoms. The monoisotopic (exact) mass is 224 g/mol. The Morgan fingerprint density at radius 1 is 1.69 bits per heavy atom. The summed E-state index contributed by atoms with van der Waals surface area (Å²) in [6.45, 7) is 6.36. The first kappa shape index (κ1) is 12.4. The SMILES string of the molecule is C=CCOCc1nn(C)cc1C(=O)OCC. The summed E-state index contributed by atoms with van der Waals surface area (Å²) in [6.07, 6.45) is 3.28. The van der Waals surface area contributed by atoms with Crippen LogP contribution < -0.4 is 0 Å². The van der Waals surface area contributed by atoms with Gasteiger partial charge in [-0.15, -0.1) is 6.58 Å². The fourth-order valence-electron chi connectivity index (χ4n) is 1.26. The molecule has 0 aliphatic heterocycles. The molecular formula is C11H16N2O3. The van der Waals surface area contributed by atoms with Crippen LogP contribution in [0.4, 0.5) is 0 Å². The second kappa shape index (κ2) is 6.07. The van der Waals surface area contributed by atoms with Crippen molar-refractivity contribution in [1.82, 2.24) is 9.78 Å². The molecule has 0 spiro atoms. The number of ether oxygens (including phenoxy) is 2. The highest BCUT2D eigenvalue weighted by atomic mass is 16.5. The summed E-state index contributed by atoms with van der Waals surface area (Å²) in [5.41, 5.74) is 1.04. The van der Waals surface area contributed by atoms with E-state index in [0.29, 0.717) is 24.5 Å². The summed E-state index contributed by atoms with van der Waals surface area (Å²) in [5, 5.41) is 4.14. The van der Waals surface area contributed by atoms with E-state index in [-0.39, 0.29) is 12.6 Å². The van der Waals surface area contributed by atoms with E-state index in [2.05, 4.69) is 11.7 Å². The topological polar surface area (TPSA) is 53.4 Å². The molecule has 0 radical (unpaired) electrons. The van der Waals surface area contributed by atoms with Gasteiger partial charge in [-0.25, -0.2) is 4.79 Å². The Kier molecular flexibility index (Phi) is 4.72. The first-order valence-electron chi connectivity index (χ1n) is 5.07. The molecule has 0 N–H and O–H groups in total. The maximum Gasteiger partial charge on any atom is 0.341 e. The average molecular weight is 224 g/mol. The minimum absolute atomic E-state index is 0.279. The van der Waals surface area contributed by atoms with E-state index < -0.39 is 0 Å². The van der Waals surface area contributed by atoms with Gasteiger partial charge in [0.2, 0.25) is 0 Å². The van der Waals surface area contributed by atoms with E-state index in [4.69, 9.17) is 9.47 Å². The van der Waals surface area contributed by atoms with Crippen molar-refractivity contribution in [3.63, 3.8) is 0 Å². The lowest BCUT2D eigenvalue weighted by atomic mass is 10.2. The Morgan fingerprint density at radius 2 is 2.44 bits per heavy atom. The lowest BCUT2D eigenvalue weighted by Gasteiger charge is -2.02. The maximum atomic E-state index is 11.6. The summed E-state index contributed by atoms with van der Waals surface area (Å²) >= 11 is 0. The highest BCUT2D eigenvalue weighted by Gasteiger charge is 2.16. The fourth-order valence-corrected chi connectivity index (χ4v) is 1.26. The second-order valence-corrected chi connectivity index (χ2v) is 3.19. The summed E-state index contributed by atoms with van der Waals surface area (Å²) in [5.74, 6) is -0.368. The Balaban J connectivity index is 2.74. The Morgan fingerprint density at radius 3 is 3.06 bits per heavy atom. The van der Waals surface area contributed by atoms with Crippen molar-refractivity contribution in [3.8, 4) is 0 Å². The smallest absolute Gasteiger partial charge is 0.341 e. The van der Waals surface area contributed by atoms with E-state index in [9.17, 15) is 4.79 Å². The van der Waals surface area contributed by atoms with Gasteiger partial charge in [0.05, 0.1) is 19.8 Å². The van der Waals surface area contributed by atoms with Gasteiger partial charge in [-0.05, 0) is 6.92 Å². The lowest BCUT2D eigenvalue weighted by molar-refractivity contribution is 0.0520. The summed E-state index contributed by atoms with van der Waals surface area (Å²) in [6, 6.07) is 0. The third kappa shape index (κ3) is 3.20. The van der Waals surface area contributed by atoms with Gasteiger partial charge in [0.25, 0.3) is 0 Å². The van der Waals surface area contributed by atoms with Crippen LogP contribution in [-0.2, 0) is 23.1 Å². The van der Waals surface area contributed by atoms with Crippen LogP contribution in [-0.4, -0.2) is 29.0 Å². The van der Waals surface area contributed by atoms with Crippen LogP contribution in [0, 0.1) is 0 Å². The zero-order valence-electron chi connectivity index (χ0n) is 9.60. The zero-order valence-corrected chi connectivity index (χ0v) is 9.60. The molecule has 5 nitrogen and oxygen atoms in total. The van der Waals surface area contributed by atoms with Gasteiger partial charge in [0.1, 0.15) is 11.3 Å². The molecule has 0 saturated heterocycles. The molecule has 1 heterocycles. The molecule has 5 heteroatoms. The summed E-state index contributed by atoms with van der Waals surface area (Å²) in [7, 11) is 1.75. The number of esters is 1. The molecule has 0 aliphatic carbocycles. The van der Waals surface area contributed by atoms with Gasteiger partial charge in [0.15, 0.2) is 0 Å². The Labute approximate surface area is 94.7 Å². The van der Waals surface area contributed by atoms with Gasteiger partial charge >= 0.3 is 5.97 Å². The molecule has 88 valence electrons. The number of nitrogens with zero attached hydrogens (tertiary/aromatic N) is 2. The third-order valence-corrected chi connectivity index (χ3v) is 1.88. The van der Waals surface area contributed by atoms with Crippen molar-refractivity contribution < 1.29 is 14.3 Å². The van der Waals surface area contributed by atoms with Gasteiger partial charge in [-0.1, -0.05) is 6.08 Å². The first-order valence-corrected chi connectivity index (χ1v) is 5.07. The molecule has 1 aromatic heterocycles. The van der Waals surface area contributed by atoms with E-state index >= 15 is 0 Å². The number of hydrogen-bond acceptors (Lipinski definition) is 4. The predicted molar refractivity (Wildman–Crippen MR) is 59.0 cm³/mol. The van der Waals surface area contributed by atoms with Crippen molar-refractivity contribution in [2.24, 2.45) is 7.05 Å². The minimum Gasteiger partial charge on any atom is -0.462 e. The molecule has 16 heavy (non-hydrogen) atoms. The van der Waals surface area contributed by atoms with Crippen molar-refractivity contribution >= 4 is 5.97 Å². The predicted octanol–water partition coefficient (Wildman–Crippen LogP) is 1.30. The Bertz CT molecular complexity index is 371. The maximum absolute atomic E-state index is 11.6. The highest BCUT2D eigenvalue weighted by Crippen LogP contribution is 2.09. The average Bonchev–Trinajstić information content (AvgIpc) is 2.61. The minimum atomic E-state index is -0.368. The molecule has 0 unspecified atom stereocenters. The van der Waals surface area contributed by atoms with Crippen LogP contribution in [0.2, 0.25) is 0 Å². The third-order valence-electron chi connectivity index (χ3n) is 1.88. The standard InChI is InChI=1S/C11H16N2O3/c1-4-6-15-8-10-9(7-13(3)12-10)11(14)16-5-2/h4,7H,1,5-6,8H2,2-3H3. The zero-order chi connectivity index (χ0) is 12.0. The van der Waals surface area contributed by atoms with Crippen LogP contribution in [0.3, 0.4) is 0 Å². The lowest BCUT2D eigenvalue weighted by Crippen LogP contribution is -2.07. The number of aryl methyl sites for hydroxylation is 1. The second-order valence-electron chi connectivity index (χ2n) is 3.19. The van der Waals surface area contributed by atoms with Crippen molar-refractivity contribution in [2.75, 3.05) is 13.2 Å². The Hall–Kier alpha value is -1.62. The van der Waals surface area contributed by atoms with Gasteiger partial charge in [0, 0.05) is 13.2 Å². The highest BCUT2D eigenvalue weighted by molar-refractivity contribution is 5.90. The molecule has 0 aliphatic rings. The molecule has 0 amide bonds. The van der Waals surface area contributed by atoms with E-state index in [0.717, 1.165) is 0 Å². The molecule has 0 atom stereocenters. The van der Waals surface area contributed by atoms with Gasteiger partial charge < -0.3 is 9.47 Å². The van der Waals surface area contributed by atoms with E-state index in [1.54, 1.807) is 30.9 Å². The van der Waals surface area contributed by atoms with Crippen LogP contribution in [0.15, 0.2) is 18.9 Å². The summed E-state index contributed by atoms with van der Waals surface area (Å²) < 4.78 is 11.7.